The van der Waals surface area contributed by atoms with Crippen molar-refractivity contribution in [1.29, 1.82) is 0 Å². The van der Waals surface area contributed by atoms with Crippen LogP contribution in [0.4, 0.5) is 15.8 Å². The number of nitrogens with zero attached hydrogens (tertiary/aromatic N) is 2. The Kier molecular flexibility index (Phi) is 5.56. The van der Waals surface area contributed by atoms with Crippen molar-refractivity contribution in [3.63, 3.8) is 0 Å². The van der Waals surface area contributed by atoms with Crippen LogP contribution in [0, 0.1) is 5.82 Å². The molecule has 3 aliphatic rings. The van der Waals surface area contributed by atoms with Gasteiger partial charge in [-0.05, 0) is 0 Å². The molecular weight excluding hydrogens is 552 g/mol. The summed E-state index contributed by atoms with van der Waals surface area (Å²) in [7, 11) is 1.43. The summed E-state index contributed by atoms with van der Waals surface area (Å²) < 4.78 is 29.0. The molecule has 4 bridgehead atoms. The SMILES string of the molecule is COc1c(F)cccc1Nc1c2[nH]c3c1C(=O)NCC3[I-]N1CCCC(C1)Oc1cnccc1-2. The fourth-order valence-electron chi connectivity index (χ4n) is 4.83. The zero-order valence-electron chi connectivity index (χ0n) is 18.5. The van der Waals surface area contributed by atoms with Crippen LogP contribution in [0.5, 0.6) is 11.5 Å². The van der Waals surface area contributed by atoms with Crippen molar-refractivity contribution in [2.24, 2.45) is 0 Å². The van der Waals surface area contributed by atoms with E-state index in [-0.39, 0.29) is 21.7 Å². The van der Waals surface area contributed by atoms with Crippen LogP contribution in [0.15, 0.2) is 36.7 Å². The Morgan fingerprint density at radius 1 is 1.35 bits per heavy atom. The van der Waals surface area contributed by atoms with Crippen LogP contribution in [0.2, 0.25) is 0 Å². The summed E-state index contributed by atoms with van der Waals surface area (Å²) in [5.41, 5.74) is 4.06. The number of methoxy groups -OCH3 is 1. The van der Waals surface area contributed by atoms with Crippen LogP contribution in [-0.4, -0.2) is 51.8 Å². The normalized spacial score (nSPS) is 23.4. The maximum atomic E-state index is 14.5. The topological polar surface area (TPSA) is 91.5 Å². The molecule has 1 aromatic carbocycles. The zero-order valence-corrected chi connectivity index (χ0v) is 20.7. The number of benzene rings is 1. The molecule has 3 aliphatic heterocycles. The standard InChI is InChI=1S/C24H24FIN5O3/c1-33-23-15(25)5-2-6-17(23)29-22-19-21-16(10-28-24(19)32)26-31-9-3-4-13(12-31)34-18-11-27-8-7-14(18)20(22)30-21/h2,5-8,11,13,16,29-30H,3-4,9-10,12H2,1H3,(H,28,32)/q-1. The Bertz CT molecular complexity index is 1270. The van der Waals surface area contributed by atoms with Crippen molar-refractivity contribution in [2.75, 3.05) is 32.1 Å². The first-order valence-electron chi connectivity index (χ1n) is 11.3. The number of alkyl halides is 1. The van der Waals surface area contributed by atoms with Gasteiger partial charge in [-0.25, -0.2) is 0 Å². The maximum absolute atomic E-state index is 14.5. The number of nitrogens with one attached hydrogen (secondary N) is 3. The number of amides is 1. The number of pyridine rings is 1. The van der Waals surface area contributed by atoms with E-state index in [1.54, 1.807) is 24.5 Å². The van der Waals surface area contributed by atoms with Gasteiger partial charge in [-0.3, -0.25) is 0 Å². The molecule has 8 nitrogen and oxygen atoms in total. The third-order valence-electron chi connectivity index (χ3n) is 6.37. The third kappa shape index (κ3) is 3.68. The number of halogens is 2. The van der Waals surface area contributed by atoms with E-state index in [1.807, 2.05) is 6.07 Å². The molecule has 3 aromatic rings. The summed E-state index contributed by atoms with van der Waals surface area (Å²) in [5, 5.41) is 6.41. The molecule has 10 heteroatoms. The van der Waals surface area contributed by atoms with Gasteiger partial charge < -0.3 is 0 Å². The quantitative estimate of drug-likeness (QED) is 0.241. The molecule has 1 fully saturated rings. The van der Waals surface area contributed by atoms with Crippen LogP contribution in [0.1, 0.15) is 32.8 Å². The number of fused-ring (bicyclic) bond motifs is 5. The fourth-order valence-corrected chi connectivity index (χ4v) is 8.23. The number of piperidine rings is 1. The van der Waals surface area contributed by atoms with Crippen LogP contribution in [-0.2, 0) is 0 Å². The van der Waals surface area contributed by atoms with E-state index >= 15 is 0 Å². The van der Waals surface area contributed by atoms with Gasteiger partial charge in [-0.1, -0.05) is 0 Å². The molecule has 3 N–H and O–H groups in total. The number of aromatic nitrogens is 2. The van der Waals surface area contributed by atoms with E-state index in [0.717, 1.165) is 42.9 Å². The zero-order chi connectivity index (χ0) is 23.2. The van der Waals surface area contributed by atoms with Crippen LogP contribution >= 0.6 is 0 Å². The summed E-state index contributed by atoms with van der Waals surface area (Å²) >= 11 is -0.404. The van der Waals surface area contributed by atoms with Gasteiger partial charge >= 0.3 is 207 Å². The monoisotopic (exact) mass is 576 g/mol. The molecule has 0 spiro atoms. The first kappa shape index (κ1) is 21.7. The Hall–Kier alpha value is -2.86. The molecule has 178 valence electrons. The van der Waals surface area contributed by atoms with Gasteiger partial charge in [0.1, 0.15) is 0 Å². The molecule has 5 heterocycles. The second-order valence-electron chi connectivity index (χ2n) is 8.51. The Balaban J connectivity index is 1.57. The van der Waals surface area contributed by atoms with Gasteiger partial charge in [0.25, 0.3) is 0 Å². The molecule has 3 atom stereocenters. The first-order chi connectivity index (χ1) is 16.6. The van der Waals surface area contributed by atoms with Crippen LogP contribution < -0.4 is 41.6 Å². The Morgan fingerprint density at radius 3 is 3.15 bits per heavy atom. The molecule has 0 radical (unpaired) electrons. The number of carbonyl (C=O) groups excluding carboxylic acids is 1. The molecule has 6 rings (SSSR count). The number of hydrogen-bond donors (Lipinski definition) is 3. The molecule has 0 aliphatic carbocycles. The summed E-state index contributed by atoms with van der Waals surface area (Å²) in [4.78, 5) is 21.0. The summed E-state index contributed by atoms with van der Waals surface area (Å²) in [5.74, 6) is 0.131. The second kappa shape index (κ2) is 8.73. The summed E-state index contributed by atoms with van der Waals surface area (Å²) in [6, 6.07) is 6.58. The minimum absolute atomic E-state index is 0.0940. The number of anilines is 2. The average Bonchev–Trinajstić information content (AvgIpc) is 3.21. The number of rotatable bonds is 3. The predicted octanol–water partition coefficient (Wildman–Crippen LogP) is 0.613. The van der Waals surface area contributed by atoms with Crippen molar-refractivity contribution in [1.82, 2.24) is 18.4 Å². The molecule has 2 aromatic heterocycles. The average molecular weight is 576 g/mol. The van der Waals surface area contributed by atoms with Crippen LogP contribution in [0.3, 0.4) is 0 Å². The van der Waals surface area contributed by atoms with Crippen LogP contribution in [0.25, 0.3) is 11.3 Å². The van der Waals surface area contributed by atoms with E-state index < -0.39 is 27.3 Å². The second-order valence-corrected chi connectivity index (χ2v) is 11.9. The van der Waals surface area contributed by atoms with Gasteiger partial charge in [-0.15, -0.1) is 0 Å². The van der Waals surface area contributed by atoms with Gasteiger partial charge in [0.15, 0.2) is 0 Å². The minimum atomic E-state index is -0.477. The van der Waals surface area contributed by atoms with Crippen molar-refractivity contribution in [3.05, 3.63) is 53.7 Å². The van der Waals surface area contributed by atoms with Gasteiger partial charge in [0.05, 0.1) is 0 Å². The van der Waals surface area contributed by atoms with Crippen molar-refractivity contribution < 1.29 is 40.1 Å². The number of H-pyrrole nitrogens is 1. The number of para-hydroxylation sites is 1. The van der Waals surface area contributed by atoms with Crippen molar-refractivity contribution in [3.8, 4) is 22.8 Å². The number of hydrogen-bond acceptors (Lipinski definition) is 6. The number of carbonyl (C=O) groups is 1. The molecule has 1 amide bonds. The molecule has 0 saturated carbocycles. The van der Waals surface area contributed by atoms with E-state index in [0.29, 0.717) is 29.2 Å². The van der Waals surface area contributed by atoms with E-state index in [2.05, 4.69) is 23.7 Å². The predicted molar refractivity (Wildman–Crippen MR) is 121 cm³/mol. The molecule has 1 saturated heterocycles. The van der Waals surface area contributed by atoms with E-state index in [9.17, 15) is 9.18 Å². The fraction of sp³-hybridized carbons (Fsp3) is 0.333. The van der Waals surface area contributed by atoms with E-state index in [1.165, 1.54) is 13.2 Å². The summed E-state index contributed by atoms with van der Waals surface area (Å²) in [6.07, 6.45) is 5.63. The molecule has 34 heavy (non-hydrogen) atoms. The molecular formula is C24H24FIN5O3-. The van der Waals surface area contributed by atoms with Gasteiger partial charge in [0, 0.05) is 0 Å². The number of ether oxygens (including phenoxy) is 2. The summed E-state index contributed by atoms with van der Waals surface area (Å²) in [6.45, 7) is 2.54. The van der Waals surface area contributed by atoms with Gasteiger partial charge in [0.2, 0.25) is 0 Å². The van der Waals surface area contributed by atoms with E-state index in [4.69, 9.17) is 9.47 Å². The first-order valence-corrected chi connectivity index (χ1v) is 13.5. The third-order valence-corrected chi connectivity index (χ3v) is 9.77. The Morgan fingerprint density at radius 2 is 2.26 bits per heavy atom. The van der Waals surface area contributed by atoms with Gasteiger partial charge in [-0.2, -0.15) is 0 Å². The number of aromatic amines is 1. The van der Waals surface area contributed by atoms with Crippen molar-refractivity contribution in [2.45, 2.75) is 22.9 Å². The molecule has 3 unspecified atom stereocenters. The Labute approximate surface area is 206 Å². The van der Waals surface area contributed by atoms with Crippen molar-refractivity contribution >= 4 is 17.3 Å².